The molecule has 3 nitrogen and oxygen atoms in total. The molecule has 1 aliphatic carbocycles. The third-order valence-electron chi connectivity index (χ3n) is 5.35. The Morgan fingerprint density at radius 2 is 1.77 bits per heavy atom. The average Bonchev–Trinajstić information content (AvgIpc) is 2.95. The van der Waals surface area contributed by atoms with Crippen LogP contribution in [0.5, 0.6) is 0 Å². The second-order valence-electron chi connectivity index (χ2n) is 7.12. The molecule has 2 fully saturated rings. The summed E-state index contributed by atoms with van der Waals surface area (Å²) >= 11 is 0. The zero-order valence-electron chi connectivity index (χ0n) is 13.3. The van der Waals surface area contributed by atoms with E-state index in [0.29, 0.717) is 12.3 Å². The fourth-order valence-electron chi connectivity index (χ4n) is 3.94. The molecule has 0 bridgehead atoms. The van der Waals surface area contributed by atoms with E-state index < -0.39 is 5.60 Å². The number of hydrogen-bond donors (Lipinski definition) is 1. The normalized spacial score (nSPS) is 22.0. The first-order valence-corrected chi connectivity index (χ1v) is 8.69. The minimum Gasteiger partial charge on any atom is -0.389 e. The first-order chi connectivity index (χ1) is 10.6. The highest BCUT2D eigenvalue weighted by Crippen LogP contribution is 2.33. The molecule has 0 aromatic heterocycles. The summed E-state index contributed by atoms with van der Waals surface area (Å²) in [7, 11) is 0. The molecule has 1 saturated carbocycles. The second kappa shape index (κ2) is 6.82. The van der Waals surface area contributed by atoms with Crippen LogP contribution in [-0.4, -0.2) is 34.6 Å². The summed E-state index contributed by atoms with van der Waals surface area (Å²) in [5.41, 5.74) is 0.686. The molecule has 1 heterocycles. The van der Waals surface area contributed by atoms with Gasteiger partial charge in [0.15, 0.2) is 0 Å². The molecule has 3 heteroatoms. The number of benzene rings is 1. The predicted molar refractivity (Wildman–Crippen MR) is 87.5 cm³/mol. The van der Waals surface area contributed by atoms with E-state index in [1.807, 2.05) is 4.90 Å². The van der Waals surface area contributed by atoms with Crippen molar-refractivity contribution in [2.24, 2.45) is 5.92 Å². The van der Waals surface area contributed by atoms with Gasteiger partial charge in [-0.3, -0.25) is 4.79 Å². The molecule has 0 unspecified atom stereocenters. The average molecular weight is 301 g/mol. The summed E-state index contributed by atoms with van der Waals surface area (Å²) in [5, 5.41) is 10.4. The zero-order valence-corrected chi connectivity index (χ0v) is 13.3. The monoisotopic (exact) mass is 301 g/mol. The van der Waals surface area contributed by atoms with Gasteiger partial charge in [-0.25, -0.2) is 0 Å². The Bertz CT molecular complexity index is 485. The standard InChI is InChI=1S/C19H27NO2/c21-18(15-19(22)10-4-5-11-19)20-12-8-17(9-13-20)14-16-6-2-1-3-7-16/h1-3,6-7,17,22H,4-5,8-15H2. The van der Waals surface area contributed by atoms with Crippen molar-refractivity contribution in [2.75, 3.05) is 13.1 Å². The van der Waals surface area contributed by atoms with Crippen molar-refractivity contribution >= 4 is 5.91 Å². The van der Waals surface area contributed by atoms with Crippen LogP contribution in [-0.2, 0) is 11.2 Å². The van der Waals surface area contributed by atoms with Gasteiger partial charge in [-0.05, 0) is 43.6 Å². The molecule has 1 amide bonds. The predicted octanol–water partition coefficient (Wildman–Crippen LogP) is 3.16. The topological polar surface area (TPSA) is 40.5 Å². The number of carbonyl (C=O) groups excluding carboxylic acids is 1. The Kier molecular flexibility index (Phi) is 4.82. The molecule has 1 aliphatic heterocycles. The number of aliphatic hydroxyl groups is 1. The van der Waals surface area contributed by atoms with Gasteiger partial charge >= 0.3 is 0 Å². The number of amides is 1. The lowest BCUT2D eigenvalue weighted by Gasteiger charge is -2.34. The minimum atomic E-state index is -0.710. The van der Waals surface area contributed by atoms with E-state index in [4.69, 9.17) is 0 Å². The number of nitrogens with zero attached hydrogens (tertiary/aromatic N) is 1. The van der Waals surface area contributed by atoms with Crippen LogP contribution >= 0.6 is 0 Å². The molecule has 120 valence electrons. The maximum Gasteiger partial charge on any atom is 0.225 e. The highest BCUT2D eigenvalue weighted by molar-refractivity contribution is 5.77. The fourth-order valence-corrected chi connectivity index (χ4v) is 3.94. The van der Waals surface area contributed by atoms with Gasteiger partial charge in [-0.1, -0.05) is 43.2 Å². The molecule has 1 N–H and O–H groups in total. The van der Waals surface area contributed by atoms with Crippen LogP contribution in [0.25, 0.3) is 0 Å². The number of carbonyl (C=O) groups is 1. The molecule has 1 saturated heterocycles. The van der Waals surface area contributed by atoms with E-state index in [-0.39, 0.29) is 5.91 Å². The van der Waals surface area contributed by atoms with Crippen molar-refractivity contribution in [3.8, 4) is 0 Å². The minimum absolute atomic E-state index is 0.155. The molecule has 1 aromatic rings. The van der Waals surface area contributed by atoms with Crippen molar-refractivity contribution in [1.82, 2.24) is 4.90 Å². The van der Waals surface area contributed by atoms with Crippen molar-refractivity contribution in [2.45, 2.75) is 57.0 Å². The number of piperidine rings is 1. The largest absolute Gasteiger partial charge is 0.389 e. The van der Waals surface area contributed by atoms with Crippen LogP contribution in [0.3, 0.4) is 0 Å². The molecule has 22 heavy (non-hydrogen) atoms. The van der Waals surface area contributed by atoms with Gasteiger partial charge in [0, 0.05) is 13.1 Å². The van der Waals surface area contributed by atoms with Crippen molar-refractivity contribution in [3.63, 3.8) is 0 Å². The van der Waals surface area contributed by atoms with Crippen LogP contribution in [0, 0.1) is 5.92 Å². The summed E-state index contributed by atoms with van der Waals surface area (Å²) in [6.45, 7) is 1.71. The Balaban J connectivity index is 1.46. The van der Waals surface area contributed by atoms with Gasteiger partial charge in [0.25, 0.3) is 0 Å². The van der Waals surface area contributed by atoms with Crippen LogP contribution in [0.1, 0.15) is 50.5 Å². The molecule has 0 spiro atoms. The zero-order chi connectivity index (χ0) is 15.4. The summed E-state index contributed by atoms with van der Waals surface area (Å²) in [6, 6.07) is 10.6. The smallest absolute Gasteiger partial charge is 0.225 e. The third kappa shape index (κ3) is 3.89. The number of likely N-dealkylation sites (tertiary alicyclic amines) is 1. The lowest BCUT2D eigenvalue weighted by atomic mass is 9.89. The Morgan fingerprint density at radius 1 is 1.14 bits per heavy atom. The highest BCUT2D eigenvalue weighted by Gasteiger charge is 2.35. The van der Waals surface area contributed by atoms with Gasteiger partial charge in [0.1, 0.15) is 0 Å². The molecular formula is C19H27NO2. The van der Waals surface area contributed by atoms with Crippen LogP contribution in [0.2, 0.25) is 0 Å². The van der Waals surface area contributed by atoms with Crippen LogP contribution in [0.15, 0.2) is 30.3 Å². The maximum absolute atomic E-state index is 12.4. The first-order valence-electron chi connectivity index (χ1n) is 8.69. The SMILES string of the molecule is O=C(CC1(O)CCCC1)N1CCC(Cc2ccccc2)CC1. The lowest BCUT2D eigenvalue weighted by Crippen LogP contribution is -2.42. The van der Waals surface area contributed by atoms with Crippen molar-refractivity contribution in [1.29, 1.82) is 0 Å². The molecule has 1 aromatic carbocycles. The molecular weight excluding hydrogens is 274 g/mol. The van der Waals surface area contributed by atoms with Crippen LogP contribution in [0.4, 0.5) is 0 Å². The molecule has 0 radical (unpaired) electrons. The highest BCUT2D eigenvalue weighted by atomic mass is 16.3. The first kappa shape index (κ1) is 15.5. The number of rotatable bonds is 4. The van der Waals surface area contributed by atoms with E-state index in [1.165, 1.54) is 5.56 Å². The maximum atomic E-state index is 12.4. The quantitative estimate of drug-likeness (QED) is 0.928. The van der Waals surface area contributed by atoms with Crippen LogP contribution < -0.4 is 0 Å². The van der Waals surface area contributed by atoms with E-state index in [9.17, 15) is 9.90 Å². The van der Waals surface area contributed by atoms with Gasteiger partial charge in [-0.15, -0.1) is 0 Å². The summed E-state index contributed by atoms with van der Waals surface area (Å²) in [5.74, 6) is 0.837. The third-order valence-corrected chi connectivity index (χ3v) is 5.35. The lowest BCUT2D eigenvalue weighted by molar-refractivity contribution is -0.137. The van der Waals surface area contributed by atoms with Gasteiger partial charge in [-0.2, -0.15) is 0 Å². The Morgan fingerprint density at radius 3 is 2.41 bits per heavy atom. The fraction of sp³-hybridized carbons (Fsp3) is 0.632. The van der Waals surface area contributed by atoms with Crippen molar-refractivity contribution in [3.05, 3.63) is 35.9 Å². The second-order valence-corrected chi connectivity index (χ2v) is 7.12. The molecule has 3 rings (SSSR count). The summed E-state index contributed by atoms with van der Waals surface area (Å²) < 4.78 is 0. The van der Waals surface area contributed by atoms with Gasteiger partial charge in [0.2, 0.25) is 5.91 Å². The van der Waals surface area contributed by atoms with Crippen molar-refractivity contribution < 1.29 is 9.90 Å². The van der Waals surface area contributed by atoms with Gasteiger partial charge in [0.05, 0.1) is 12.0 Å². The van der Waals surface area contributed by atoms with Gasteiger partial charge < -0.3 is 10.0 Å². The number of hydrogen-bond acceptors (Lipinski definition) is 2. The van der Waals surface area contributed by atoms with E-state index in [0.717, 1.165) is 58.0 Å². The van der Waals surface area contributed by atoms with E-state index in [2.05, 4.69) is 30.3 Å². The van der Waals surface area contributed by atoms with E-state index >= 15 is 0 Å². The molecule has 0 atom stereocenters. The Hall–Kier alpha value is -1.35. The Labute approximate surface area is 133 Å². The molecule has 2 aliphatic rings. The summed E-state index contributed by atoms with van der Waals surface area (Å²) in [6.07, 6.45) is 7.32. The summed E-state index contributed by atoms with van der Waals surface area (Å²) in [4.78, 5) is 14.4. The van der Waals surface area contributed by atoms with E-state index in [1.54, 1.807) is 0 Å².